The Morgan fingerprint density at radius 1 is 1.38 bits per heavy atom. The Morgan fingerprint density at radius 3 is 2.81 bits per heavy atom. The van der Waals surface area contributed by atoms with Gasteiger partial charge >= 0.3 is 13.5 Å². The number of nitrogens with one attached hydrogen (secondary N) is 1. The highest BCUT2D eigenvalue weighted by molar-refractivity contribution is 7.49. The number of H-pyrrole nitrogens is 1. The van der Waals surface area contributed by atoms with Gasteiger partial charge in [-0.05, 0) is 6.07 Å². The summed E-state index contributed by atoms with van der Waals surface area (Å²) in [5, 5.41) is 9.66. The summed E-state index contributed by atoms with van der Waals surface area (Å²) in [7, 11) is -4.44. The second-order valence-corrected chi connectivity index (χ2v) is 8.99. The van der Waals surface area contributed by atoms with E-state index in [1.807, 2.05) is 0 Å². The predicted molar refractivity (Wildman–Crippen MR) is 102 cm³/mol. The molecule has 0 radical (unpaired) electrons. The molecule has 0 aliphatic carbocycles. The number of ether oxygens (including phenoxy) is 1. The molecule has 0 saturated carbocycles. The third kappa shape index (κ3) is 3.89. The maximum Gasteiger partial charge on any atom is 0.530 e. The summed E-state index contributed by atoms with van der Waals surface area (Å²) in [4.78, 5) is 25.2. The van der Waals surface area contributed by atoms with Gasteiger partial charge in [0.1, 0.15) is 16.9 Å². The number of rotatable bonds is 5. The molecule has 10 nitrogen and oxygen atoms in total. The van der Waals surface area contributed by atoms with Crippen molar-refractivity contribution in [1.29, 1.82) is 0 Å². The molecule has 0 bridgehead atoms. The van der Waals surface area contributed by atoms with Gasteiger partial charge in [-0.2, -0.15) is 0 Å². The molecular formula is C17H15ClF3N2O8P. The fourth-order valence-corrected chi connectivity index (χ4v) is 4.67. The summed E-state index contributed by atoms with van der Waals surface area (Å²) < 4.78 is 76.2. The molecule has 3 heterocycles. The van der Waals surface area contributed by atoms with Gasteiger partial charge in [-0.1, -0.05) is 29.8 Å². The maximum atomic E-state index is 14.9. The van der Waals surface area contributed by atoms with Crippen molar-refractivity contribution in [2.75, 3.05) is 6.61 Å². The Balaban J connectivity index is 1.60. The summed E-state index contributed by atoms with van der Waals surface area (Å²) in [6.45, 7) is -1.57. The molecule has 32 heavy (non-hydrogen) atoms. The van der Waals surface area contributed by atoms with Crippen LogP contribution in [-0.4, -0.2) is 45.6 Å². The van der Waals surface area contributed by atoms with E-state index < -0.39 is 61.2 Å². The van der Waals surface area contributed by atoms with Gasteiger partial charge in [0, 0.05) is 11.8 Å². The average molecular weight is 499 g/mol. The first kappa shape index (κ1) is 23.0. The van der Waals surface area contributed by atoms with E-state index >= 15 is 0 Å². The summed E-state index contributed by atoms with van der Waals surface area (Å²) in [6.07, 6.45) is -9.98. The van der Waals surface area contributed by atoms with Crippen molar-refractivity contribution in [1.82, 2.24) is 9.55 Å². The van der Waals surface area contributed by atoms with Crippen LogP contribution in [-0.2, 0) is 25.0 Å². The molecule has 1 fully saturated rings. The highest BCUT2D eigenvalue weighted by Crippen LogP contribution is 2.56. The van der Waals surface area contributed by atoms with Crippen LogP contribution in [0.15, 0.2) is 40.1 Å². The Hall–Kier alpha value is -2.15. The smallest absolute Gasteiger partial charge is 0.404 e. The van der Waals surface area contributed by atoms with Crippen molar-refractivity contribution < 1.29 is 41.2 Å². The van der Waals surface area contributed by atoms with Crippen LogP contribution in [0.1, 0.15) is 11.8 Å². The number of phosphoric ester groups is 1. The van der Waals surface area contributed by atoms with Crippen molar-refractivity contribution in [2.45, 2.75) is 37.1 Å². The van der Waals surface area contributed by atoms with E-state index in [0.717, 1.165) is 0 Å². The lowest BCUT2D eigenvalue weighted by Crippen LogP contribution is -2.50. The number of para-hydroxylation sites is 1. The van der Waals surface area contributed by atoms with Crippen LogP contribution in [0.4, 0.5) is 13.2 Å². The zero-order chi connectivity index (χ0) is 23.3. The van der Waals surface area contributed by atoms with Gasteiger partial charge in [-0.15, -0.1) is 0 Å². The number of hydrogen-bond donors (Lipinski definition) is 2. The Kier molecular flexibility index (Phi) is 5.99. The number of fused-ring (bicyclic) bond motifs is 1. The van der Waals surface area contributed by atoms with E-state index in [2.05, 4.69) is 0 Å². The SMILES string of the molecule is O=c1[nH]c(=O)n([C@@H]2O[C@@](COP3(=O)OCc4ccccc4O3)(C(F)F)[C@H](F)[C@H]2O)cc1Cl. The van der Waals surface area contributed by atoms with Gasteiger partial charge < -0.3 is 14.4 Å². The molecule has 0 spiro atoms. The summed E-state index contributed by atoms with van der Waals surface area (Å²) in [6, 6.07) is 6.31. The minimum atomic E-state index is -4.44. The molecule has 1 unspecified atom stereocenters. The number of aromatic amines is 1. The van der Waals surface area contributed by atoms with E-state index in [9.17, 15) is 32.4 Å². The first-order valence-electron chi connectivity index (χ1n) is 9.02. The van der Waals surface area contributed by atoms with Gasteiger partial charge in [-0.25, -0.2) is 22.5 Å². The van der Waals surface area contributed by atoms with Crippen LogP contribution in [0, 0.1) is 0 Å². The number of nitrogens with zero attached hydrogens (tertiary/aromatic N) is 1. The van der Waals surface area contributed by atoms with Gasteiger partial charge in [0.05, 0.1) is 13.2 Å². The number of aromatic nitrogens is 2. The lowest BCUT2D eigenvalue weighted by molar-refractivity contribution is -0.184. The van der Waals surface area contributed by atoms with Crippen LogP contribution >= 0.6 is 19.4 Å². The van der Waals surface area contributed by atoms with Gasteiger partial charge in [0.2, 0.25) is 0 Å². The number of hydrogen-bond acceptors (Lipinski definition) is 8. The number of phosphoric acid groups is 1. The second kappa shape index (κ2) is 8.32. The molecule has 2 aliphatic rings. The maximum absolute atomic E-state index is 14.9. The molecule has 15 heteroatoms. The highest BCUT2D eigenvalue weighted by Gasteiger charge is 2.63. The molecule has 174 valence electrons. The molecular weight excluding hydrogens is 484 g/mol. The Bertz CT molecular complexity index is 1190. The largest absolute Gasteiger partial charge is 0.530 e. The van der Waals surface area contributed by atoms with Crippen molar-refractivity contribution in [2.24, 2.45) is 0 Å². The molecule has 0 amide bonds. The normalized spacial score (nSPS) is 32.0. The number of halogens is 4. The topological polar surface area (TPSA) is 129 Å². The molecule has 1 aromatic carbocycles. The van der Waals surface area contributed by atoms with E-state index in [0.29, 0.717) is 16.3 Å². The van der Waals surface area contributed by atoms with E-state index in [4.69, 9.17) is 29.9 Å². The van der Waals surface area contributed by atoms with E-state index in [1.54, 1.807) is 23.2 Å². The monoisotopic (exact) mass is 498 g/mol. The number of aliphatic hydroxyl groups is 1. The second-order valence-electron chi connectivity index (χ2n) is 6.99. The predicted octanol–water partition coefficient (Wildman–Crippen LogP) is 2.16. The van der Waals surface area contributed by atoms with Crippen molar-refractivity contribution in [3.8, 4) is 5.75 Å². The number of aliphatic hydroxyl groups excluding tert-OH is 1. The molecule has 2 N–H and O–H groups in total. The Labute approximate surface area is 182 Å². The number of alkyl halides is 3. The third-order valence-corrected chi connectivity index (χ3v) is 6.56. The third-order valence-electron chi connectivity index (χ3n) is 4.98. The van der Waals surface area contributed by atoms with Crippen LogP contribution in [0.25, 0.3) is 0 Å². The van der Waals surface area contributed by atoms with Crippen LogP contribution < -0.4 is 15.8 Å². The summed E-state index contributed by atoms with van der Waals surface area (Å²) in [5.41, 5.74) is -4.79. The first-order valence-corrected chi connectivity index (χ1v) is 10.9. The lowest BCUT2D eigenvalue weighted by Gasteiger charge is -2.32. The quantitative estimate of drug-likeness (QED) is 0.600. The van der Waals surface area contributed by atoms with Crippen LogP contribution in [0.5, 0.6) is 5.75 Å². The average Bonchev–Trinajstić information content (AvgIpc) is 3.01. The minimum absolute atomic E-state index is 0.129. The van der Waals surface area contributed by atoms with Crippen molar-refractivity contribution in [3.63, 3.8) is 0 Å². The zero-order valence-corrected chi connectivity index (χ0v) is 17.5. The zero-order valence-electron chi connectivity index (χ0n) is 15.8. The summed E-state index contributed by atoms with van der Waals surface area (Å²) >= 11 is 5.63. The van der Waals surface area contributed by atoms with Crippen LogP contribution in [0.3, 0.4) is 0 Å². The fourth-order valence-electron chi connectivity index (χ4n) is 3.26. The first-order chi connectivity index (χ1) is 15.1. The van der Waals surface area contributed by atoms with Gasteiger partial charge in [0.25, 0.3) is 12.0 Å². The lowest BCUT2D eigenvalue weighted by atomic mass is 9.98. The standard InChI is InChI=1S/C17H15ClF3N2O8P/c18-9-5-23(16(26)22-13(9)25)14-11(24)12(19)17(30-14,15(20)21)7-29-32(27)28-6-8-3-1-2-4-10(8)31-32/h1-5,11-12,14-15,24H,6-7H2,(H,22,25,26)/t11-,12-,14-,17-,32?/m1/s1. The Morgan fingerprint density at radius 2 is 2.09 bits per heavy atom. The van der Waals surface area contributed by atoms with Gasteiger partial charge in [0.15, 0.2) is 18.0 Å². The van der Waals surface area contributed by atoms with E-state index in [-0.39, 0.29) is 12.4 Å². The van der Waals surface area contributed by atoms with Crippen LogP contribution in [0.2, 0.25) is 5.02 Å². The molecule has 5 atom stereocenters. The minimum Gasteiger partial charge on any atom is -0.404 e. The summed E-state index contributed by atoms with van der Waals surface area (Å²) in [5.74, 6) is 0.129. The molecule has 1 saturated heterocycles. The molecule has 1 aromatic heterocycles. The molecule has 4 rings (SSSR count). The fraction of sp³-hybridized carbons (Fsp3) is 0.412. The highest BCUT2D eigenvalue weighted by atomic mass is 35.5. The van der Waals surface area contributed by atoms with Crippen molar-refractivity contribution >= 4 is 19.4 Å². The van der Waals surface area contributed by atoms with Gasteiger partial charge in [-0.3, -0.25) is 23.4 Å². The van der Waals surface area contributed by atoms with Crippen molar-refractivity contribution in [3.05, 3.63) is 61.9 Å². The van der Waals surface area contributed by atoms with E-state index in [1.165, 1.54) is 6.07 Å². The number of benzene rings is 1. The molecule has 2 aromatic rings. The molecule has 2 aliphatic heterocycles.